The molecule has 2 nitrogen and oxygen atoms in total. The van der Waals surface area contributed by atoms with Gasteiger partial charge in [0.2, 0.25) is 0 Å². The SMILES string of the molecule is C/C=C/C(C)=C=CC(=O)OC. The molecule has 0 saturated heterocycles. The van der Waals surface area contributed by atoms with Crippen molar-refractivity contribution in [1.82, 2.24) is 0 Å². The van der Waals surface area contributed by atoms with Crippen molar-refractivity contribution >= 4 is 5.97 Å². The number of methoxy groups -OCH3 is 1. The van der Waals surface area contributed by atoms with Gasteiger partial charge in [0.15, 0.2) is 0 Å². The maximum absolute atomic E-state index is 10.5. The van der Waals surface area contributed by atoms with Crippen LogP contribution in [0.2, 0.25) is 0 Å². The molecule has 0 amide bonds. The molecule has 0 fully saturated rings. The van der Waals surface area contributed by atoms with Crippen molar-refractivity contribution in [2.24, 2.45) is 0 Å². The van der Waals surface area contributed by atoms with Crippen LogP contribution in [-0.2, 0) is 9.53 Å². The fraction of sp³-hybridized carbons (Fsp3) is 0.333. The van der Waals surface area contributed by atoms with E-state index in [1.807, 2.05) is 26.0 Å². The highest BCUT2D eigenvalue weighted by molar-refractivity contribution is 5.81. The first-order valence-electron chi connectivity index (χ1n) is 3.34. The van der Waals surface area contributed by atoms with Crippen LogP contribution in [0.15, 0.2) is 29.5 Å². The van der Waals surface area contributed by atoms with Gasteiger partial charge in [0.05, 0.1) is 13.2 Å². The Balaban J connectivity index is 4.27. The summed E-state index contributed by atoms with van der Waals surface area (Å²) >= 11 is 0. The molecule has 0 heterocycles. The summed E-state index contributed by atoms with van der Waals surface area (Å²) in [5.74, 6) is -0.381. The Labute approximate surface area is 66.9 Å². The monoisotopic (exact) mass is 152 g/mol. The molecule has 11 heavy (non-hydrogen) atoms. The van der Waals surface area contributed by atoms with Gasteiger partial charge in [-0.25, -0.2) is 4.79 Å². The fourth-order valence-corrected chi connectivity index (χ4v) is 0.530. The third kappa shape index (κ3) is 5.19. The molecule has 0 aliphatic heterocycles. The van der Waals surface area contributed by atoms with Gasteiger partial charge in [-0.15, -0.1) is 5.73 Å². The predicted molar refractivity (Wildman–Crippen MR) is 44.1 cm³/mol. The third-order valence-corrected chi connectivity index (χ3v) is 1.04. The smallest absolute Gasteiger partial charge is 0.338 e. The quantitative estimate of drug-likeness (QED) is 0.261. The Bertz CT molecular complexity index is 218. The Hall–Kier alpha value is -1.27. The van der Waals surface area contributed by atoms with Crippen LogP contribution in [0.4, 0.5) is 0 Å². The average molecular weight is 152 g/mol. The van der Waals surface area contributed by atoms with Crippen LogP contribution in [0, 0.1) is 0 Å². The minimum Gasteiger partial charge on any atom is -0.465 e. The molecule has 0 aromatic heterocycles. The fourth-order valence-electron chi connectivity index (χ4n) is 0.530. The van der Waals surface area contributed by atoms with Crippen LogP contribution >= 0.6 is 0 Å². The lowest BCUT2D eigenvalue weighted by Gasteiger charge is -1.85. The first kappa shape index (κ1) is 9.73. The normalized spacial score (nSPS) is 9.00. The highest BCUT2D eigenvalue weighted by atomic mass is 16.5. The molecule has 2 heteroatoms. The van der Waals surface area contributed by atoms with E-state index in [9.17, 15) is 4.79 Å². The molecule has 0 N–H and O–H groups in total. The van der Waals surface area contributed by atoms with Gasteiger partial charge < -0.3 is 4.74 Å². The van der Waals surface area contributed by atoms with Crippen molar-refractivity contribution in [2.75, 3.05) is 7.11 Å². The number of rotatable bonds is 2. The molecule has 0 spiro atoms. The summed E-state index contributed by atoms with van der Waals surface area (Å²) in [6, 6.07) is 0. The van der Waals surface area contributed by atoms with Gasteiger partial charge in [0.1, 0.15) is 0 Å². The van der Waals surface area contributed by atoms with E-state index in [0.29, 0.717) is 0 Å². The van der Waals surface area contributed by atoms with Crippen LogP contribution in [0.1, 0.15) is 13.8 Å². The van der Waals surface area contributed by atoms with Crippen LogP contribution in [-0.4, -0.2) is 13.1 Å². The Morgan fingerprint density at radius 1 is 1.55 bits per heavy atom. The topological polar surface area (TPSA) is 26.3 Å². The molecule has 0 unspecified atom stereocenters. The molecule has 0 radical (unpaired) electrons. The van der Waals surface area contributed by atoms with Gasteiger partial charge in [-0.05, 0) is 19.4 Å². The van der Waals surface area contributed by atoms with E-state index < -0.39 is 0 Å². The number of carbonyl (C=O) groups is 1. The van der Waals surface area contributed by atoms with E-state index in [2.05, 4.69) is 10.5 Å². The minimum atomic E-state index is -0.381. The summed E-state index contributed by atoms with van der Waals surface area (Å²) in [6.45, 7) is 3.77. The Morgan fingerprint density at radius 3 is 2.64 bits per heavy atom. The number of carbonyl (C=O) groups excluding carboxylic acids is 1. The van der Waals surface area contributed by atoms with E-state index in [0.717, 1.165) is 5.57 Å². The van der Waals surface area contributed by atoms with Gasteiger partial charge in [-0.2, -0.15) is 0 Å². The predicted octanol–water partition coefficient (Wildman–Crippen LogP) is 1.84. The second-order valence-corrected chi connectivity index (χ2v) is 1.99. The van der Waals surface area contributed by atoms with Crippen LogP contribution in [0.5, 0.6) is 0 Å². The lowest BCUT2D eigenvalue weighted by atomic mass is 10.3. The summed E-state index contributed by atoms with van der Waals surface area (Å²) < 4.78 is 4.38. The highest BCUT2D eigenvalue weighted by Crippen LogP contribution is 1.90. The third-order valence-electron chi connectivity index (χ3n) is 1.04. The van der Waals surface area contributed by atoms with Crippen molar-refractivity contribution in [3.63, 3.8) is 0 Å². The van der Waals surface area contributed by atoms with E-state index in [4.69, 9.17) is 0 Å². The standard InChI is InChI=1S/C9H12O2/c1-4-5-8(2)6-7-9(10)11-3/h4-5,7H,1-3H3/b5-4+. The molecule has 0 saturated carbocycles. The van der Waals surface area contributed by atoms with Crippen LogP contribution in [0.3, 0.4) is 0 Å². The number of hydrogen-bond acceptors (Lipinski definition) is 2. The first-order valence-corrected chi connectivity index (χ1v) is 3.34. The van der Waals surface area contributed by atoms with E-state index >= 15 is 0 Å². The maximum Gasteiger partial charge on any atom is 0.338 e. The second kappa shape index (κ2) is 5.51. The summed E-state index contributed by atoms with van der Waals surface area (Å²) in [5.41, 5.74) is 3.67. The highest BCUT2D eigenvalue weighted by Gasteiger charge is 1.86. The molecule has 0 bridgehead atoms. The summed E-state index contributed by atoms with van der Waals surface area (Å²) in [6.07, 6.45) is 5.02. The number of ether oxygens (including phenoxy) is 1. The molecule has 0 aromatic rings. The van der Waals surface area contributed by atoms with Crippen molar-refractivity contribution in [3.8, 4) is 0 Å². The zero-order chi connectivity index (χ0) is 8.69. The van der Waals surface area contributed by atoms with Crippen molar-refractivity contribution < 1.29 is 9.53 Å². The lowest BCUT2D eigenvalue weighted by molar-refractivity contribution is -0.134. The van der Waals surface area contributed by atoms with Crippen LogP contribution in [0.25, 0.3) is 0 Å². The maximum atomic E-state index is 10.5. The average Bonchev–Trinajstić information content (AvgIpc) is 2.01. The molecule has 0 rings (SSSR count). The van der Waals surface area contributed by atoms with Gasteiger partial charge >= 0.3 is 5.97 Å². The number of hydrogen-bond donors (Lipinski definition) is 0. The van der Waals surface area contributed by atoms with Gasteiger partial charge in [-0.1, -0.05) is 12.2 Å². The minimum absolute atomic E-state index is 0.381. The molecule has 0 aliphatic carbocycles. The largest absolute Gasteiger partial charge is 0.465 e. The lowest BCUT2D eigenvalue weighted by Crippen LogP contribution is -1.92. The molecule has 0 atom stereocenters. The van der Waals surface area contributed by atoms with E-state index in [-0.39, 0.29) is 5.97 Å². The Morgan fingerprint density at radius 2 is 2.18 bits per heavy atom. The zero-order valence-corrected chi connectivity index (χ0v) is 7.05. The summed E-state index contributed by atoms with van der Waals surface area (Å²) in [7, 11) is 1.34. The zero-order valence-electron chi connectivity index (χ0n) is 7.05. The molecule has 60 valence electrons. The summed E-state index contributed by atoms with van der Waals surface area (Å²) in [5, 5.41) is 0. The van der Waals surface area contributed by atoms with Crippen molar-refractivity contribution in [1.29, 1.82) is 0 Å². The molecular weight excluding hydrogens is 140 g/mol. The molecular formula is C9H12O2. The van der Waals surface area contributed by atoms with E-state index in [1.54, 1.807) is 0 Å². The Kier molecular flexibility index (Phi) is 4.87. The second-order valence-electron chi connectivity index (χ2n) is 1.99. The summed E-state index contributed by atoms with van der Waals surface area (Å²) in [4.78, 5) is 10.5. The number of allylic oxidation sites excluding steroid dienone is 2. The van der Waals surface area contributed by atoms with Gasteiger partial charge in [0, 0.05) is 0 Å². The first-order chi connectivity index (χ1) is 5.20. The van der Waals surface area contributed by atoms with Crippen molar-refractivity contribution in [2.45, 2.75) is 13.8 Å². The molecule has 0 aromatic carbocycles. The van der Waals surface area contributed by atoms with Crippen LogP contribution < -0.4 is 0 Å². The van der Waals surface area contributed by atoms with Gasteiger partial charge in [0.25, 0.3) is 0 Å². The van der Waals surface area contributed by atoms with Gasteiger partial charge in [-0.3, -0.25) is 0 Å². The molecule has 0 aliphatic rings. The van der Waals surface area contributed by atoms with E-state index in [1.165, 1.54) is 13.2 Å². The number of esters is 1. The van der Waals surface area contributed by atoms with Crippen molar-refractivity contribution in [3.05, 3.63) is 29.5 Å².